The highest BCUT2D eigenvalue weighted by atomic mass is 16.1. The molecule has 2 rings (SSSR count). The first kappa shape index (κ1) is 12.3. The van der Waals surface area contributed by atoms with E-state index in [0.717, 1.165) is 22.9 Å². The predicted octanol–water partition coefficient (Wildman–Crippen LogP) is 2.77. The molecule has 3 heteroatoms. The van der Waals surface area contributed by atoms with Gasteiger partial charge in [-0.1, -0.05) is 31.2 Å². The second-order valence-corrected chi connectivity index (χ2v) is 4.05. The Kier molecular flexibility index (Phi) is 4.07. The predicted molar refractivity (Wildman–Crippen MR) is 74.1 cm³/mol. The molecule has 0 bridgehead atoms. The average molecular weight is 240 g/mol. The Morgan fingerprint density at radius 1 is 1.33 bits per heavy atom. The van der Waals surface area contributed by atoms with Crippen LogP contribution in [0.25, 0.3) is 17.0 Å². The number of amides is 1. The fourth-order valence-corrected chi connectivity index (χ4v) is 1.73. The van der Waals surface area contributed by atoms with E-state index in [0.29, 0.717) is 6.54 Å². The molecule has 0 aliphatic rings. The third kappa shape index (κ3) is 2.94. The second-order valence-electron chi connectivity index (χ2n) is 4.05. The summed E-state index contributed by atoms with van der Waals surface area (Å²) in [6, 6.07) is 9.85. The van der Waals surface area contributed by atoms with E-state index in [2.05, 4.69) is 10.3 Å². The fraction of sp³-hybridized carbons (Fsp3) is 0.200. The molecule has 1 aromatic heterocycles. The van der Waals surface area contributed by atoms with Crippen molar-refractivity contribution in [2.45, 2.75) is 13.3 Å². The van der Waals surface area contributed by atoms with Gasteiger partial charge in [-0.25, -0.2) is 0 Å². The van der Waals surface area contributed by atoms with Crippen molar-refractivity contribution >= 4 is 22.9 Å². The summed E-state index contributed by atoms with van der Waals surface area (Å²) in [5.74, 6) is -0.0650. The lowest BCUT2D eigenvalue weighted by Crippen LogP contribution is -2.21. The number of nitrogens with one attached hydrogen (secondary N) is 1. The summed E-state index contributed by atoms with van der Waals surface area (Å²) in [6.45, 7) is 2.73. The minimum atomic E-state index is -0.0650. The molecule has 1 N–H and O–H groups in total. The number of benzene rings is 1. The van der Waals surface area contributed by atoms with E-state index in [1.807, 2.05) is 37.3 Å². The number of aromatic nitrogens is 1. The van der Waals surface area contributed by atoms with Crippen molar-refractivity contribution in [1.29, 1.82) is 0 Å². The minimum Gasteiger partial charge on any atom is -0.353 e. The molecule has 0 unspecified atom stereocenters. The standard InChI is InChI=1S/C15H16N2O/c1-2-10-16-14(18)9-8-13-6-3-5-12-7-4-11-17-15(12)13/h3-9,11H,2,10H2,1H3,(H,16,18)/b9-8+. The van der Waals surface area contributed by atoms with Crippen molar-refractivity contribution in [1.82, 2.24) is 10.3 Å². The highest BCUT2D eigenvalue weighted by molar-refractivity contribution is 5.95. The van der Waals surface area contributed by atoms with Crippen LogP contribution in [0.1, 0.15) is 18.9 Å². The summed E-state index contributed by atoms with van der Waals surface area (Å²) >= 11 is 0. The van der Waals surface area contributed by atoms with Crippen LogP contribution in [0.2, 0.25) is 0 Å². The van der Waals surface area contributed by atoms with Crippen LogP contribution in [0.5, 0.6) is 0 Å². The van der Waals surface area contributed by atoms with E-state index < -0.39 is 0 Å². The van der Waals surface area contributed by atoms with E-state index in [-0.39, 0.29) is 5.91 Å². The molecule has 0 saturated carbocycles. The van der Waals surface area contributed by atoms with Gasteiger partial charge in [0, 0.05) is 29.8 Å². The van der Waals surface area contributed by atoms with Crippen LogP contribution in [0.15, 0.2) is 42.6 Å². The molecule has 92 valence electrons. The number of para-hydroxylation sites is 1. The van der Waals surface area contributed by atoms with E-state index in [1.54, 1.807) is 18.3 Å². The molecule has 0 radical (unpaired) electrons. The van der Waals surface area contributed by atoms with Crippen LogP contribution in [-0.2, 0) is 4.79 Å². The van der Waals surface area contributed by atoms with Crippen molar-refractivity contribution in [2.24, 2.45) is 0 Å². The quantitative estimate of drug-likeness (QED) is 0.835. The number of carbonyl (C=O) groups excluding carboxylic acids is 1. The molecule has 0 saturated heterocycles. The Hall–Kier alpha value is -2.16. The molecule has 1 amide bonds. The first-order valence-corrected chi connectivity index (χ1v) is 6.11. The maximum Gasteiger partial charge on any atom is 0.244 e. The number of hydrogen-bond donors (Lipinski definition) is 1. The van der Waals surface area contributed by atoms with Crippen molar-refractivity contribution in [3.8, 4) is 0 Å². The molecule has 2 aromatic rings. The SMILES string of the molecule is CCCNC(=O)/C=C/c1cccc2cccnc12. The Morgan fingerprint density at radius 2 is 2.17 bits per heavy atom. The Balaban J connectivity index is 2.21. The lowest BCUT2D eigenvalue weighted by molar-refractivity contribution is -0.116. The molecule has 18 heavy (non-hydrogen) atoms. The molecular formula is C15H16N2O. The summed E-state index contributed by atoms with van der Waals surface area (Å²) in [7, 11) is 0. The summed E-state index contributed by atoms with van der Waals surface area (Å²) < 4.78 is 0. The maximum absolute atomic E-state index is 11.5. The zero-order chi connectivity index (χ0) is 12.8. The molecule has 1 heterocycles. The Bertz CT molecular complexity index is 570. The number of hydrogen-bond acceptors (Lipinski definition) is 2. The van der Waals surface area contributed by atoms with Gasteiger partial charge < -0.3 is 5.32 Å². The van der Waals surface area contributed by atoms with E-state index in [9.17, 15) is 4.79 Å². The van der Waals surface area contributed by atoms with Crippen molar-refractivity contribution in [3.05, 3.63) is 48.2 Å². The molecule has 1 aromatic carbocycles. The molecule has 0 fully saturated rings. The molecule has 0 aliphatic carbocycles. The van der Waals surface area contributed by atoms with Crippen LogP contribution in [0.3, 0.4) is 0 Å². The number of rotatable bonds is 4. The first-order valence-electron chi connectivity index (χ1n) is 6.11. The largest absolute Gasteiger partial charge is 0.353 e. The van der Waals surface area contributed by atoms with Gasteiger partial charge in [0.15, 0.2) is 0 Å². The van der Waals surface area contributed by atoms with Crippen molar-refractivity contribution in [3.63, 3.8) is 0 Å². The molecule has 0 atom stereocenters. The smallest absolute Gasteiger partial charge is 0.244 e. The number of pyridine rings is 1. The third-order valence-electron chi connectivity index (χ3n) is 2.63. The maximum atomic E-state index is 11.5. The summed E-state index contributed by atoms with van der Waals surface area (Å²) in [5.41, 5.74) is 1.87. The topological polar surface area (TPSA) is 42.0 Å². The van der Waals surface area contributed by atoms with Gasteiger partial charge in [0.1, 0.15) is 0 Å². The average Bonchev–Trinajstić information content (AvgIpc) is 2.42. The monoisotopic (exact) mass is 240 g/mol. The van der Waals surface area contributed by atoms with Crippen LogP contribution in [-0.4, -0.2) is 17.4 Å². The third-order valence-corrected chi connectivity index (χ3v) is 2.63. The van der Waals surface area contributed by atoms with Crippen LogP contribution >= 0.6 is 0 Å². The summed E-state index contributed by atoms with van der Waals surface area (Å²) in [6.07, 6.45) is 6.06. The summed E-state index contributed by atoms with van der Waals surface area (Å²) in [4.78, 5) is 15.8. The second kappa shape index (κ2) is 5.96. The van der Waals surface area contributed by atoms with Gasteiger partial charge in [0.05, 0.1) is 5.52 Å². The molecular weight excluding hydrogens is 224 g/mol. The van der Waals surface area contributed by atoms with Crippen molar-refractivity contribution < 1.29 is 4.79 Å². The van der Waals surface area contributed by atoms with E-state index in [4.69, 9.17) is 0 Å². The van der Waals surface area contributed by atoms with Gasteiger partial charge in [0.2, 0.25) is 5.91 Å². The van der Waals surface area contributed by atoms with Crippen LogP contribution in [0, 0.1) is 0 Å². The van der Waals surface area contributed by atoms with E-state index in [1.165, 1.54) is 0 Å². The Morgan fingerprint density at radius 3 is 3.00 bits per heavy atom. The van der Waals surface area contributed by atoms with Gasteiger partial charge in [-0.2, -0.15) is 0 Å². The fourth-order valence-electron chi connectivity index (χ4n) is 1.73. The van der Waals surface area contributed by atoms with Gasteiger partial charge in [-0.05, 0) is 18.6 Å². The highest BCUT2D eigenvalue weighted by Gasteiger charge is 1.99. The first-order chi connectivity index (χ1) is 8.81. The van der Waals surface area contributed by atoms with Gasteiger partial charge in [0.25, 0.3) is 0 Å². The molecule has 3 nitrogen and oxygen atoms in total. The number of fused-ring (bicyclic) bond motifs is 1. The normalized spacial score (nSPS) is 10.9. The van der Waals surface area contributed by atoms with E-state index >= 15 is 0 Å². The molecule has 0 spiro atoms. The number of nitrogens with zero attached hydrogens (tertiary/aromatic N) is 1. The zero-order valence-corrected chi connectivity index (χ0v) is 10.4. The highest BCUT2D eigenvalue weighted by Crippen LogP contribution is 2.16. The van der Waals surface area contributed by atoms with Gasteiger partial charge in [-0.15, -0.1) is 0 Å². The Labute approximate surface area is 107 Å². The van der Waals surface area contributed by atoms with Gasteiger partial charge in [-0.3, -0.25) is 9.78 Å². The summed E-state index contributed by atoms with van der Waals surface area (Å²) in [5, 5.41) is 3.88. The van der Waals surface area contributed by atoms with Crippen molar-refractivity contribution in [2.75, 3.05) is 6.54 Å². The van der Waals surface area contributed by atoms with Crippen LogP contribution < -0.4 is 5.32 Å². The van der Waals surface area contributed by atoms with Crippen LogP contribution in [0.4, 0.5) is 0 Å². The van der Waals surface area contributed by atoms with Gasteiger partial charge >= 0.3 is 0 Å². The lowest BCUT2D eigenvalue weighted by atomic mass is 10.1. The lowest BCUT2D eigenvalue weighted by Gasteiger charge is -2.01. The molecule has 0 aliphatic heterocycles. The number of carbonyl (C=O) groups is 1. The zero-order valence-electron chi connectivity index (χ0n) is 10.4. The minimum absolute atomic E-state index is 0.0650.